The van der Waals surface area contributed by atoms with E-state index in [2.05, 4.69) is 15.0 Å². The zero-order chi connectivity index (χ0) is 6.81. The van der Waals surface area contributed by atoms with Crippen molar-refractivity contribution in [3.63, 3.8) is 0 Å². The molecule has 0 amide bonds. The molecule has 0 aromatic rings. The van der Waals surface area contributed by atoms with Crippen LogP contribution in [0.15, 0.2) is 4.99 Å². The minimum Gasteiger partial charge on any atom is -0.279 e. The van der Waals surface area contributed by atoms with Crippen molar-refractivity contribution in [1.29, 1.82) is 0 Å². The van der Waals surface area contributed by atoms with Crippen LogP contribution < -0.4 is 0 Å². The molecule has 0 aromatic carbocycles. The second kappa shape index (κ2) is 2.68. The van der Waals surface area contributed by atoms with Crippen molar-refractivity contribution in [2.75, 3.05) is 26.3 Å². The fraction of sp³-hybridized carbons (Fsp3) is 0.857. The summed E-state index contributed by atoms with van der Waals surface area (Å²) in [7, 11) is 0. The van der Waals surface area contributed by atoms with Crippen molar-refractivity contribution in [2.45, 2.75) is 12.8 Å². The molecule has 3 nitrogen and oxygen atoms in total. The number of hydrogen-bond acceptors (Lipinski definition) is 3. The van der Waals surface area contributed by atoms with Gasteiger partial charge in [-0.3, -0.25) is 4.99 Å². The lowest BCUT2D eigenvalue weighted by Crippen LogP contribution is -2.38. The van der Waals surface area contributed by atoms with Crippen molar-refractivity contribution in [2.24, 2.45) is 4.99 Å². The fourth-order valence-corrected chi connectivity index (χ4v) is 1.55. The quantitative estimate of drug-likeness (QED) is 0.521. The van der Waals surface area contributed by atoms with Crippen LogP contribution in [0, 0.1) is 0 Å². The third-order valence-electron chi connectivity index (χ3n) is 2.15. The molecule has 0 saturated carbocycles. The molecule has 0 bridgehead atoms. The first-order valence-corrected chi connectivity index (χ1v) is 3.95. The van der Waals surface area contributed by atoms with Gasteiger partial charge in [0.15, 0.2) is 0 Å². The molecular formula is C7H13N3. The molecule has 3 heteroatoms. The van der Waals surface area contributed by atoms with E-state index in [1.54, 1.807) is 0 Å². The molecule has 10 heavy (non-hydrogen) atoms. The van der Waals surface area contributed by atoms with E-state index in [1.807, 2.05) is 6.21 Å². The van der Waals surface area contributed by atoms with Crippen molar-refractivity contribution in [1.82, 2.24) is 10.0 Å². The maximum Gasteiger partial charge on any atom is 0.104 e. The van der Waals surface area contributed by atoms with Gasteiger partial charge in [-0.25, -0.2) is 10.0 Å². The number of aliphatic imine (C=N–C) groups is 1. The summed E-state index contributed by atoms with van der Waals surface area (Å²) in [6.45, 7) is 4.40. The van der Waals surface area contributed by atoms with Crippen LogP contribution in [0.5, 0.6) is 0 Å². The highest BCUT2D eigenvalue weighted by atomic mass is 15.6. The van der Waals surface area contributed by atoms with E-state index in [0.29, 0.717) is 0 Å². The number of hydrazine groups is 1. The summed E-state index contributed by atoms with van der Waals surface area (Å²) in [4.78, 5) is 4.17. The van der Waals surface area contributed by atoms with Gasteiger partial charge in [0.25, 0.3) is 0 Å². The Labute approximate surface area is 61.3 Å². The van der Waals surface area contributed by atoms with E-state index < -0.39 is 0 Å². The van der Waals surface area contributed by atoms with Crippen LogP contribution in [-0.4, -0.2) is 42.5 Å². The second-order valence-corrected chi connectivity index (χ2v) is 2.86. The third-order valence-corrected chi connectivity index (χ3v) is 2.15. The van der Waals surface area contributed by atoms with Crippen molar-refractivity contribution in [3.05, 3.63) is 0 Å². The molecule has 2 heterocycles. The lowest BCUT2D eigenvalue weighted by atomic mass is 10.4. The second-order valence-electron chi connectivity index (χ2n) is 2.86. The highest BCUT2D eigenvalue weighted by Crippen LogP contribution is 2.11. The van der Waals surface area contributed by atoms with Crippen LogP contribution in [0.2, 0.25) is 0 Å². The normalized spacial score (nSPS) is 28.4. The third kappa shape index (κ3) is 1.07. The highest BCUT2D eigenvalue weighted by Gasteiger charge is 2.19. The predicted molar refractivity (Wildman–Crippen MR) is 40.9 cm³/mol. The molecule has 0 aromatic heterocycles. The Kier molecular flexibility index (Phi) is 1.69. The summed E-state index contributed by atoms with van der Waals surface area (Å²) in [6.07, 6.45) is 4.71. The van der Waals surface area contributed by atoms with Gasteiger partial charge >= 0.3 is 0 Å². The molecule has 2 aliphatic heterocycles. The summed E-state index contributed by atoms with van der Waals surface area (Å²) >= 11 is 0. The molecule has 0 atom stereocenters. The van der Waals surface area contributed by atoms with Gasteiger partial charge in [-0.1, -0.05) is 0 Å². The lowest BCUT2D eigenvalue weighted by Gasteiger charge is -2.25. The Morgan fingerprint density at radius 3 is 2.50 bits per heavy atom. The summed E-state index contributed by atoms with van der Waals surface area (Å²) in [5.74, 6) is 0. The van der Waals surface area contributed by atoms with Gasteiger partial charge in [-0.2, -0.15) is 0 Å². The molecule has 56 valence electrons. The average molecular weight is 139 g/mol. The van der Waals surface area contributed by atoms with Crippen molar-refractivity contribution >= 4 is 6.21 Å². The largest absolute Gasteiger partial charge is 0.279 e. The maximum absolute atomic E-state index is 4.17. The number of hydrogen-bond donors (Lipinski definition) is 0. The molecular weight excluding hydrogens is 126 g/mol. The Balaban J connectivity index is 1.87. The van der Waals surface area contributed by atoms with E-state index in [1.165, 1.54) is 25.9 Å². The lowest BCUT2D eigenvalue weighted by molar-refractivity contribution is 0.0247. The van der Waals surface area contributed by atoms with Crippen LogP contribution in [0.4, 0.5) is 0 Å². The van der Waals surface area contributed by atoms with Crippen molar-refractivity contribution in [3.8, 4) is 0 Å². The SMILES string of the molecule is C1=NCN(N2CCCC2)C1. The van der Waals surface area contributed by atoms with Gasteiger partial charge < -0.3 is 0 Å². The summed E-state index contributed by atoms with van der Waals surface area (Å²) in [5, 5.41) is 4.72. The number of rotatable bonds is 1. The standard InChI is InChI=1S/C7H13N3/c1-2-5-9(4-1)10-6-3-8-7-10/h3H,1-2,4-7H2. The highest BCUT2D eigenvalue weighted by molar-refractivity contribution is 5.61. The molecule has 0 spiro atoms. The van der Waals surface area contributed by atoms with E-state index in [4.69, 9.17) is 0 Å². The molecule has 1 saturated heterocycles. The summed E-state index contributed by atoms with van der Waals surface area (Å²) < 4.78 is 0. The maximum atomic E-state index is 4.17. The number of nitrogens with zero attached hydrogens (tertiary/aromatic N) is 3. The first-order chi connectivity index (χ1) is 4.97. The fourth-order valence-electron chi connectivity index (χ4n) is 1.55. The van der Waals surface area contributed by atoms with Gasteiger partial charge in [0.1, 0.15) is 6.67 Å². The Bertz CT molecular complexity index is 130. The smallest absolute Gasteiger partial charge is 0.104 e. The molecule has 1 fully saturated rings. The molecule has 0 radical (unpaired) electrons. The topological polar surface area (TPSA) is 18.8 Å². The zero-order valence-electron chi connectivity index (χ0n) is 6.16. The van der Waals surface area contributed by atoms with Gasteiger partial charge in [0.2, 0.25) is 0 Å². The molecule has 0 N–H and O–H groups in total. The van der Waals surface area contributed by atoms with Crippen LogP contribution >= 0.6 is 0 Å². The van der Waals surface area contributed by atoms with Crippen LogP contribution in [0.25, 0.3) is 0 Å². The molecule has 0 aliphatic carbocycles. The van der Waals surface area contributed by atoms with Crippen LogP contribution in [-0.2, 0) is 0 Å². The van der Waals surface area contributed by atoms with E-state index in [-0.39, 0.29) is 0 Å². The van der Waals surface area contributed by atoms with E-state index >= 15 is 0 Å². The van der Waals surface area contributed by atoms with E-state index in [0.717, 1.165) is 13.2 Å². The molecule has 2 rings (SSSR count). The molecule has 0 unspecified atom stereocenters. The first kappa shape index (κ1) is 6.31. The molecule has 2 aliphatic rings. The Morgan fingerprint density at radius 2 is 1.90 bits per heavy atom. The van der Waals surface area contributed by atoms with Crippen molar-refractivity contribution < 1.29 is 0 Å². The minimum absolute atomic E-state index is 0.889. The summed E-state index contributed by atoms with van der Waals surface area (Å²) in [6, 6.07) is 0. The Morgan fingerprint density at radius 1 is 1.10 bits per heavy atom. The van der Waals surface area contributed by atoms with Gasteiger partial charge in [-0.05, 0) is 12.8 Å². The zero-order valence-corrected chi connectivity index (χ0v) is 6.16. The minimum atomic E-state index is 0.889. The Hall–Kier alpha value is -0.410. The van der Waals surface area contributed by atoms with E-state index in [9.17, 15) is 0 Å². The summed E-state index contributed by atoms with van der Waals surface area (Å²) in [5.41, 5.74) is 0. The monoisotopic (exact) mass is 139 g/mol. The van der Waals surface area contributed by atoms with Crippen LogP contribution in [0.3, 0.4) is 0 Å². The average Bonchev–Trinajstić information content (AvgIpc) is 2.59. The predicted octanol–water partition coefficient (Wildman–Crippen LogP) is 0.341. The van der Waals surface area contributed by atoms with Gasteiger partial charge in [0.05, 0.1) is 6.54 Å². The van der Waals surface area contributed by atoms with Gasteiger partial charge in [0, 0.05) is 19.3 Å². The van der Waals surface area contributed by atoms with Crippen LogP contribution in [0.1, 0.15) is 12.8 Å². The van der Waals surface area contributed by atoms with Gasteiger partial charge in [-0.15, -0.1) is 0 Å². The first-order valence-electron chi connectivity index (χ1n) is 3.95.